The minimum Gasteiger partial charge on any atom is -0.464 e. The van der Waals surface area contributed by atoms with E-state index in [1.165, 1.54) is 6.92 Å². The summed E-state index contributed by atoms with van der Waals surface area (Å²) >= 11 is 0. The largest absolute Gasteiger partial charge is 0.464 e. The van der Waals surface area contributed by atoms with Crippen LogP contribution in [0.2, 0.25) is 0 Å². The Labute approximate surface area is 133 Å². The number of esters is 2. The molecule has 1 aromatic heterocycles. The van der Waals surface area contributed by atoms with Crippen molar-refractivity contribution in [2.45, 2.75) is 57.5 Å². The van der Waals surface area contributed by atoms with Gasteiger partial charge in [-0.25, -0.2) is 4.79 Å². The normalized spacial score (nSPS) is 37.1. The van der Waals surface area contributed by atoms with Crippen molar-refractivity contribution in [2.75, 3.05) is 0 Å². The van der Waals surface area contributed by atoms with E-state index in [0.29, 0.717) is 18.6 Å². The smallest absolute Gasteiger partial charge is 0.342 e. The Morgan fingerprint density at radius 3 is 2.87 bits per heavy atom. The fraction of sp³-hybridized carbons (Fsp3) is 0.529. The number of rotatable bonds is 1. The molecule has 2 fully saturated rings. The average Bonchev–Trinajstić information content (AvgIpc) is 3.01. The molecule has 1 aliphatic carbocycles. The van der Waals surface area contributed by atoms with Gasteiger partial charge in [-0.1, -0.05) is 6.08 Å². The van der Waals surface area contributed by atoms with Crippen molar-refractivity contribution in [2.24, 2.45) is 0 Å². The van der Waals surface area contributed by atoms with Crippen LogP contribution in [0.4, 0.5) is 0 Å². The van der Waals surface area contributed by atoms with Gasteiger partial charge in [0, 0.05) is 12.5 Å². The maximum Gasteiger partial charge on any atom is 0.342 e. The Morgan fingerprint density at radius 2 is 2.17 bits per heavy atom. The van der Waals surface area contributed by atoms with E-state index in [1.807, 2.05) is 19.9 Å². The van der Waals surface area contributed by atoms with Crippen molar-refractivity contribution in [1.82, 2.24) is 0 Å². The summed E-state index contributed by atoms with van der Waals surface area (Å²) in [6.07, 6.45) is 3.40. The monoisotopic (exact) mass is 318 g/mol. The van der Waals surface area contributed by atoms with Crippen molar-refractivity contribution in [3.05, 3.63) is 34.8 Å². The zero-order valence-electron chi connectivity index (χ0n) is 13.3. The van der Waals surface area contributed by atoms with E-state index in [0.717, 1.165) is 16.7 Å². The SMILES string of the molecule is CC(=O)O[C@@H]1/C(C)=C/CC[C@]23O[C@H]2[C@@H](OC3=O)c2c(C)coc21. The maximum atomic E-state index is 12.2. The molecule has 0 unspecified atom stereocenters. The van der Waals surface area contributed by atoms with Crippen molar-refractivity contribution >= 4 is 11.9 Å². The van der Waals surface area contributed by atoms with Gasteiger partial charge < -0.3 is 18.6 Å². The lowest BCUT2D eigenvalue weighted by Crippen LogP contribution is -2.22. The van der Waals surface area contributed by atoms with Crippen molar-refractivity contribution < 1.29 is 28.2 Å². The number of carbonyl (C=O) groups is 2. The molecule has 0 aromatic carbocycles. The van der Waals surface area contributed by atoms with Gasteiger partial charge in [0.1, 0.15) is 6.10 Å². The van der Waals surface area contributed by atoms with Gasteiger partial charge in [0.2, 0.25) is 0 Å². The molecule has 0 N–H and O–H groups in total. The predicted molar refractivity (Wildman–Crippen MR) is 77.4 cm³/mol. The molecule has 0 radical (unpaired) electrons. The molecule has 2 bridgehead atoms. The molecule has 0 spiro atoms. The third-order valence-corrected chi connectivity index (χ3v) is 4.85. The molecule has 3 heterocycles. The molecule has 2 saturated heterocycles. The van der Waals surface area contributed by atoms with Gasteiger partial charge in [-0.2, -0.15) is 0 Å². The van der Waals surface area contributed by atoms with Crippen LogP contribution in [0.3, 0.4) is 0 Å². The topological polar surface area (TPSA) is 78.3 Å². The van der Waals surface area contributed by atoms with Crippen molar-refractivity contribution in [1.29, 1.82) is 0 Å². The Hall–Kier alpha value is -2.08. The van der Waals surface area contributed by atoms with Crippen molar-refractivity contribution in [3.8, 4) is 0 Å². The quantitative estimate of drug-likeness (QED) is 0.450. The van der Waals surface area contributed by atoms with Crippen LogP contribution >= 0.6 is 0 Å². The van der Waals surface area contributed by atoms with Crippen LogP contribution in [0.1, 0.15) is 55.8 Å². The molecule has 1 aromatic rings. The number of aryl methyl sites for hydroxylation is 1. The lowest BCUT2D eigenvalue weighted by atomic mass is 9.90. The Kier molecular flexibility index (Phi) is 2.97. The molecule has 4 rings (SSSR count). The van der Waals surface area contributed by atoms with E-state index in [9.17, 15) is 9.59 Å². The number of furan rings is 1. The highest BCUT2D eigenvalue weighted by atomic mass is 16.7. The summed E-state index contributed by atoms with van der Waals surface area (Å²) in [5.74, 6) is -0.186. The van der Waals surface area contributed by atoms with Crippen LogP contribution in [0.15, 0.2) is 22.3 Å². The number of hydrogen-bond acceptors (Lipinski definition) is 6. The zero-order valence-corrected chi connectivity index (χ0v) is 13.3. The van der Waals surface area contributed by atoms with Crippen LogP contribution in [0.25, 0.3) is 0 Å². The van der Waals surface area contributed by atoms with Gasteiger partial charge in [0.25, 0.3) is 0 Å². The molecule has 0 amide bonds. The number of ether oxygens (including phenoxy) is 3. The van der Waals surface area contributed by atoms with Gasteiger partial charge in [-0.15, -0.1) is 0 Å². The number of carbonyl (C=O) groups excluding carboxylic acids is 2. The fourth-order valence-corrected chi connectivity index (χ4v) is 3.63. The van der Waals surface area contributed by atoms with Crippen LogP contribution in [-0.4, -0.2) is 23.6 Å². The molecule has 4 atom stereocenters. The highest BCUT2D eigenvalue weighted by Crippen LogP contribution is 2.57. The van der Waals surface area contributed by atoms with Crippen molar-refractivity contribution in [3.63, 3.8) is 0 Å². The van der Waals surface area contributed by atoms with E-state index in [4.69, 9.17) is 18.6 Å². The summed E-state index contributed by atoms with van der Waals surface area (Å²) in [7, 11) is 0. The van der Waals surface area contributed by atoms with Gasteiger partial charge in [-0.05, 0) is 37.8 Å². The summed E-state index contributed by atoms with van der Waals surface area (Å²) in [6.45, 7) is 5.14. The third kappa shape index (κ3) is 1.97. The van der Waals surface area contributed by atoms with Crippen LogP contribution in [-0.2, 0) is 23.8 Å². The number of epoxide rings is 1. The summed E-state index contributed by atoms with van der Waals surface area (Å²) in [5.41, 5.74) is 1.67. The molecular formula is C17H18O6. The molecule has 6 heteroatoms. The Morgan fingerprint density at radius 1 is 1.39 bits per heavy atom. The second-order valence-corrected chi connectivity index (χ2v) is 6.43. The molecular weight excluding hydrogens is 300 g/mol. The lowest BCUT2D eigenvalue weighted by Gasteiger charge is -2.20. The van der Waals surface area contributed by atoms with E-state index in [2.05, 4.69) is 0 Å². The number of allylic oxidation sites excluding steroid dienone is 1. The first-order chi connectivity index (χ1) is 10.9. The van der Waals surface area contributed by atoms with E-state index >= 15 is 0 Å². The summed E-state index contributed by atoms with van der Waals surface area (Å²) in [5, 5.41) is 0. The molecule has 0 saturated carbocycles. The van der Waals surface area contributed by atoms with E-state index < -0.39 is 17.8 Å². The molecule has 122 valence electrons. The zero-order chi connectivity index (χ0) is 16.4. The minimum absolute atomic E-state index is 0.283. The number of hydrogen-bond donors (Lipinski definition) is 0. The molecule has 6 nitrogen and oxygen atoms in total. The lowest BCUT2D eigenvalue weighted by molar-refractivity contribution is -0.154. The first-order valence-corrected chi connectivity index (χ1v) is 7.74. The van der Waals surface area contributed by atoms with Crippen LogP contribution < -0.4 is 0 Å². The standard InChI is InChI=1S/C17H18O6/c1-8-5-4-6-17-15(23-17)14(22-16(17)19)11-9(2)7-20-13(11)12(8)21-10(3)18/h5,7,12,14-15H,4,6H2,1-3H3/b8-5+/t12-,14+,15+,17+/m1/s1. The highest BCUT2D eigenvalue weighted by Gasteiger charge is 2.73. The summed E-state index contributed by atoms with van der Waals surface area (Å²) in [6, 6.07) is 0. The van der Waals surface area contributed by atoms with Gasteiger partial charge in [0.05, 0.1) is 6.26 Å². The van der Waals surface area contributed by atoms with E-state index in [1.54, 1.807) is 6.26 Å². The van der Waals surface area contributed by atoms with Crippen LogP contribution in [0.5, 0.6) is 0 Å². The number of fused-ring (bicyclic) bond motifs is 2. The minimum atomic E-state index is -0.809. The maximum absolute atomic E-state index is 12.2. The molecule has 23 heavy (non-hydrogen) atoms. The summed E-state index contributed by atoms with van der Waals surface area (Å²) < 4.78 is 22.5. The van der Waals surface area contributed by atoms with Gasteiger partial charge >= 0.3 is 11.9 Å². The molecule has 3 aliphatic rings. The highest BCUT2D eigenvalue weighted by molar-refractivity contribution is 5.87. The third-order valence-electron chi connectivity index (χ3n) is 4.85. The predicted octanol–water partition coefficient (Wildman–Crippen LogP) is 2.67. The fourth-order valence-electron chi connectivity index (χ4n) is 3.63. The second kappa shape index (κ2) is 4.71. The first-order valence-electron chi connectivity index (χ1n) is 7.74. The summed E-state index contributed by atoms with van der Waals surface area (Å²) in [4.78, 5) is 23.8. The average molecular weight is 318 g/mol. The van der Waals surface area contributed by atoms with Gasteiger partial charge in [0.15, 0.2) is 23.6 Å². The molecule has 2 aliphatic heterocycles. The second-order valence-electron chi connectivity index (χ2n) is 6.43. The van der Waals surface area contributed by atoms with Crippen LogP contribution in [0, 0.1) is 6.92 Å². The van der Waals surface area contributed by atoms with Gasteiger partial charge in [-0.3, -0.25) is 4.79 Å². The Bertz CT molecular complexity index is 729. The first kappa shape index (κ1) is 14.5. The van der Waals surface area contributed by atoms with E-state index in [-0.39, 0.29) is 18.0 Å². The Balaban J connectivity index is 1.85.